The van der Waals surface area contributed by atoms with E-state index in [1.807, 2.05) is 23.6 Å². The highest BCUT2D eigenvalue weighted by molar-refractivity contribution is 5.82. The second-order valence-corrected chi connectivity index (χ2v) is 5.57. The van der Waals surface area contributed by atoms with Gasteiger partial charge in [0.1, 0.15) is 0 Å². The number of hydrogen-bond acceptors (Lipinski definition) is 3. The van der Waals surface area contributed by atoms with Crippen LogP contribution in [0.2, 0.25) is 0 Å². The molecule has 0 aromatic rings. The smallest absolute Gasteiger partial charge is 0.227 e. The van der Waals surface area contributed by atoms with E-state index in [1.165, 1.54) is 0 Å². The van der Waals surface area contributed by atoms with Crippen LogP contribution in [-0.4, -0.2) is 53.8 Å². The van der Waals surface area contributed by atoms with Crippen molar-refractivity contribution in [1.29, 1.82) is 0 Å². The molecule has 18 heavy (non-hydrogen) atoms. The lowest BCUT2D eigenvalue weighted by molar-refractivity contribution is -0.142. The molecule has 2 atom stereocenters. The predicted octanol–water partition coefficient (Wildman–Crippen LogP) is 0.0505. The monoisotopic (exact) mass is 253 g/mol. The fourth-order valence-corrected chi connectivity index (χ4v) is 2.25. The zero-order valence-electron chi connectivity index (χ0n) is 11.3. The Labute approximate surface area is 108 Å². The Kier molecular flexibility index (Phi) is 3.90. The minimum atomic E-state index is -0.143. The summed E-state index contributed by atoms with van der Waals surface area (Å²) >= 11 is 0. The summed E-state index contributed by atoms with van der Waals surface area (Å²) in [6, 6.07) is -0.122. The minimum absolute atomic E-state index is 0.114. The van der Waals surface area contributed by atoms with Gasteiger partial charge in [0.2, 0.25) is 11.8 Å². The average molecular weight is 253 g/mol. The predicted molar refractivity (Wildman–Crippen MR) is 68.7 cm³/mol. The fraction of sp³-hybridized carbons (Fsp3) is 0.846. The van der Waals surface area contributed by atoms with E-state index in [9.17, 15) is 9.59 Å². The van der Waals surface area contributed by atoms with E-state index >= 15 is 0 Å². The molecule has 1 aliphatic carbocycles. The first-order chi connectivity index (χ1) is 8.50. The Hall–Kier alpha value is -1.10. The zero-order chi connectivity index (χ0) is 13.3. The van der Waals surface area contributed by atoms with Crippen LogP contribution in [0.1, 0.15) is 26.7 Å². The van der Waals surface area contributed by atoms with E-state index in [2.05, 4.69) is 0 Å². The third-order valence-electron chi connectivity index (χ3n) is 4.01. The van der Waals surface area contributed by atoms with Gasteiger partial charge in [0.15, 0.2) is 0 Å². The van der Waals surface area contributed by atoms with Crippen LogP contribution in [0.25, 0.3) is 0 Å². The summed E-state index contributed by atoms with van der Waals surface area (Å²) in [6.07, 6.45) is 2.08. The van der Waals surface area contributed by atoms with Crippen molar-refractivity contribution in [3.8, 4) is 0 Å². The summed E-state index contributed by atoms with van der Waals surface area (Å²) < 4.78 is 0. The lowest BCUT2D eigenvalue weighted by Crippen LogP contribution is -2.53. The summed E-state index contributed by atoms with van der Waals surface area (Å²) in [5, 5.41) is 0. The molecule has 0 aromatic heterocycles. The molecule has 1 heterocycles. The Morgan fingerprint density at radius 1 is 1.06 bits per heavy atom. The van der Waals surface area contributed by atoms with Crippen LogP contribution in [0.5, 0.6) is 0 Å². The van der Waals surface area contributed by atoms with Crippen LogP contribution < -0.4 is 5.73 Å². The lowest BCUT2D eigenvalue weighted by atomic mass is 10.0. The quantitative estimate of drug-likeness (QED) is 0.773. The van der Waals surface area contributed by atoms with E-state index in [0.717, 1.165) is 12.8 Å². The van der Waals surface area contributed by atoms with Crippen molar-refractivity contribution in [3.63, 3.8) is 0 Å². The summed E-state index contributed by atoms with van der Waals surface area (Å²) in [5.41, 5.74) is 5.75. The van der Waals surface area contributed by atoms with Crippen LogP contribution in [0.3, 0.4) is 0 Å². The van der Waals surface area contributed by atoms with Crippen LogP contribution in [0, 0.1) is 11.8 Å². The molecular weight excluding hydrogens is 230 g/mol. The molecule has 1 aliphatic heterocycles. The molecular formula is C13H23N3O2. The maximum Gasteiger partial charge on any atom is 0.227 e. The Balaban J connectivity index is 1.82. The van der Waals surface area contributed by atoms with Gasteiger partial charge in [0.25, 0.3) is 0 Å². The molecule has 5 heteroatoms. The summed E-state index contributed by atoms with van der Waals surface area (Å²) in [7, 11) is 0. The van der Waals surface area contributed by atoms with Gasteiger partial charge in [-0.15, -0.1) is 0 Å². The van der Waals surface area contributed by atoms with E-state index in [1.54, 1.807) is 0 Å². The molecule has 2 fully saturated rings. The van der Waals surface area contributed by atoms with Gasteiger partial charge in [0, 0.05) is 38.1 Å². The zero-order valence-corrected chi connectivity index (χ0v) is 11.3. The number of amides is 2. The molecule has 2 N–H and O–H groups in total. The van der Waals surface area contributed by atoms with Gasteiger partial charge in [0.05, 0.1) is 5.92 Å². The highest BCUT2D eigenvalue weighted by Gasteiger charge is 2.35. The molecule has 2 amide bonds. The highest BCUT2D eigenvalue weighted by atomic mass is 16.2. The van der Waals surface area contributed by atoms with Crippen molar-refractivity contribution >= 4 is 11.8 Å². The molecule has 1 saturated heterocycles. The van der Waals surface area contributed by atoms with E-state index in [0.29, 0.717) is 26.2 Å². The number of piperazine rings is 1. The van der Waals surface area contributed by atoms with Gasteiger partial charge in [-0.3, -0.25) is 9.59 Å². The molecule has 5 nitrogen and oxygen atoms in total. The summed E-state index contributed by atoms with van der Waals surface area (Å²) in [5.74, 6) is 0.525. The fourth-order valence-electron chi connectivity index (χ4n) is 2.25. The van der Waals surface area contributed by atoms with Gasteiger partial charge in [-0.1, -0.05) is 6.92 Å². The van der Waals surface area contributed by atoms with Crippen molar-refractivity contribution in [2.24, 2.45) is 17.6 Å². The van der Waals surface area contributed by atoms with Crippen molar-refractivity contribution in [3.05, 3.63) is 0 Å². The van der Waals surface area contributed by atoms with Gasteiger partial charge in [-0.2, -0.15) is 0 Å². The molecule has 102 valence electrons. The molecule has 0 spiro atoms. The van der Waals surface area contributed by atoms with Crippen LogP contribution >= 0.6 is 0 Å². The number of hydrogen-bond donors (Lipinski definition) is 1. The summed E-state index contributed by atoms with van der Waals surface area (Å²) in [4.78, 5) is 27.7. The van der Waals surface area contributed by atoms with E-state index in [-0.39, 0.29) is 29.7 Å². The first-order valence-corrected chi connectivity index (χ1v) is 6.84. The van der Waals surface area contributed by atoms with Crippen molar-refractivity contribution < 1.29 is 9.59 Å². The second-order valence-electron chi connectivity index (χ2n) is 5.57. The standard InChI is InChI=1S/C13H23N3O2/c1-9(10(2)14)12(17)15-5-7-16(8-6-15)13(18)11-3-4-11/h9-11H,3-8,14H2,1-2H3. The van der Waals surface area contributed by atoms with Crippen LogP contribution in [-0.2, 0) is 9.59 Å². The topological polar surface area (TPSA) is 66.6 Å². The van der Waals surface area contributed by atoms with Gasteiger partial charge in [-0.25, -0.2) is 0 Å². The number of carbonyl (C=O) groups is 2. The maximum atomic E-state index is 12.1. The number of nitrogens with two attached hydrogens (primary N) is 1. The Morgan fingerprint density at radius 2 is 1.56 bits per heavy atom. The second kappa shape index (κ2) is 5.26. The van der Waals surface area contributed by atoms with Crippen molar-refractivity contribution in [2.45, 2.75) is 32.7 Å². The third kappa shape index (κ3) is 2.83. The first-order valence-electron chi connectivity index (χ1n) is 6.84. The van der Waals surface area contributed by atoms with Crippen LogP contribution in [0.4, 0.5) is 0 Å². The molecule has 0 bridgehead atoms. The summed E-state index contributed by atoms with van der Waals surface area (Å²) in [6.45, 7) is 6.37. The van der Waals surface area contributed by atoms with E-state index < -0.39 is 0 Å². The van der Waals surface area contributed by atoms with Crippen molar-refractivity contribution in [2.75, 3.05) is 26.2 Å². The van der Waals surface area contributed by atoms with E-state index in [4.69, 9.17) is 5.73 Å². The average Bonchev–Trinajstić information content (AvgIpc) is 3.20. The largest absolute Gasteiger partial charge is 0.339 e. The highest BCUT2D eigenvalue weighted by Crippen LogP contribution is 2.31. The molecule has 0 aromatic carbocycles. The molecule has 1 saturated carbocycles. The lowest BCUT2D eigenvalue weighted by Gasteiger charge is -2.36. The SMILES string of the molecule is CC(N)C(C)C(=O)N1CCN(C(=O)C2CC2)CC1. The van der Waals surface area contributed by atoms with Crippen LogP contribution in [0.15, 0.2) is 0 Å². The molecule has 2 aliphatic rings. The number of nitrogens with zero attached hydrogens (tertiary/aromatic N) is 2. The minimum Gasteiger partial charge on any atom is -0.339 e. The normalized spacial score (nSPS) is 23.7. The molecule has 2 unspecified atom stereocenters. The van der Waals surface area contributed by atoms with Crippen molar-refractivity contribution in [1.82, 2.24) is 9.80 Å². The number of rotatable bonds is 3. The molecule has 0 radical (unpaired) electrons. The van der Waals surface area contributed by atoms with Gasteiger partial charge >= 0.3 is 0 Å². The Bertz CT molecular complexity index is 331. The number of carbonyl (C=O) groups excluding carboxylic acids is 2. The van der Waals surface area contributed by atoms with Gasteiger partial charge in [-0.05, 0) is 19.8 Å². The maximum absolute atomic E-state index is 12.1. The third-order valence-corrected chi connectivity index (χ3v) is 4.01. The van der Waals surface area contributed by atoms with Gasteiger partial charge < -0.3 is 15.5 Å². The molecule has 2 rings (SSSR count). The first kappa shape index (κ1) is 13.3. The Morgan fingerprint density at radius 3 is 2.00 bits per heavy atom.